The Hall–Kier alpha value is -3.58. The molecule has 152 valence electrons. The second-order valence-electron chi connectivity index (χ2n) is 7.27. The monoisotopic (exact) mass is 473 g/mol. The lowest BCUT2D eigenvalue weighted by Crippen LogP contribution is -2.39. The van der Waals surface area contributed by atoms with Gasteiger partial charge in [0.1, 0.15) is 17.7 Å². The number of nitrogens with zero attached hydrogens (tertiary/aromatic N) is 3. The zero-order valence-electron chi connectivity index (χ0n) is 16.2. The second kappa shape index (κ2) is 7.59. The van der Waals surface area contributed by atoms with E-state index >= 15 is 0 Å². The summed E-state index contributed by atoms with van der Waals surface area (Å²) in [6, 6.07) is 23.8. The van der Waals surface area contributed by atoms with Crippen molar-refractivity contribution in [2.45, 2.75) is 6.04 Å². The Bertz CT molecular complexity index is 1210. The van der Waals surface area contributed by atoms with Crippen molar-refractivity contribution in [1.82, 2.24) is 0 Å². The number of benzene rings is 3. The SMILES string of the molecule is O=C(C1=NN(c2ccccc2)[C@H]2C(=O)N(c3ccc(Br)cc3)C(=O)[C@H]12)c1ccccc1. The van der Waals surface area contributed by atoms with Crippen LogP contribution in [-0.2, 0) is 9.59 Å². The lowest BCUT2D eigenvalue weighted by Gasteiger charge is -2.22. The van der Waals surface area contributed by atoms with Gasteiger partial charge in [-0.05, 0) is 36.4 Å². The van der Waals surface area contributed by atoms with Gasteiger partial charge in [0.15, 0.2) is 0 Å². The number of imide groups is 1. The fourth-order valence-corrected chi connectivity index (χ4v) is 4.24. The van der Waals surface area contributed by atoms with Crippen LogP contribution in [0.4, 0.5) is 11.4 Å². The summed E-state index contributed by atoms with van der Waals surface area (Å²) in [6.07, 6.45) is 0. The molecule has 0 unspecified atom stereocenters. The number of para-hydroxylation sites is 1. The van der Waals surface area contributed by atoms with E-state index in [2.05, 4.69) is 21.0 Å². The normalized spacial score (nSPS) is 20.1. The average molecular weight is 474 g/mol. The average Bonchev–Trinajstić information content (AvgIpc) is 3.32. The van der Waals surface area contributed by atoms with Crippen molar-refractivity contribution in [3.8, 4) is 0 Å². The van der Waals surface area contributed by atoms with Crippen molar-refractivity contribution in [1.29, 1.82) is 0 Å². The van der Waals surface area contributed by atoms with Crippen LogP contribution in [0, 0.1) is 5.92 Å². The van der Waals surface area contributed by atoms with E-state index in [4.69, 9.17) is 0 Å². The van der Waals surface area contributed by atoms with Gasteiger partial charge in [-0.3, -0.25) is 19.4 Å². The highest BCUT2D eigenvalue weighted by Crippen LogP contribution is 2.38. The lowest BCUT2D eigenvalue weighted by molar-refractivity contribution is -0.121. The molecule has 31 heavy (non-hydrogen) atoms. The highest BCUT2D eigenvalue weighted by Gasteiger charge is 2.58. The van der Waals surface area contributed by atoms with Gasteiger partial charge in [0.05, 0.1) is 11.4 Å². The molecule has 3 aromatic rings. The molecule has 2 amide bonds. The zero-order chi connectivity index (χ0) is 21.5. The number of hydrazone groups is 1. The van der Waals surface area contributed by atoms with Crippen molar-refractivity contribution in [3.63, 3.8) is 0 Å². The van der Waals surface area contributed by atoms with E-state index in [1.807, 2.05) is 24.3 Å². The van der Waals surface area contributed by atoms with Crippen LogP contribution >= 0.6 is 15.9 Å². The summed E-state index contributed by atoms with van der Waals surface area (Å²) >= 11 is 3.37. The Morgan fingerprint density at radius 1 is 0.774 bits per heavy atom. The van der Waals surface area contributed by atoms with E-state index < -0.39 is 23.8 Å². The number of fused-ring (bicyclic) bond motifs is 1. The molecule has 0 bridgehead atoms. The Kier molecular flexibility index (Phi) is 4.75. The minimum Gasteiger partial charge on any atom is -0.287 e. The van der Waals surface area contributed by atoms with Gasteiger partial charge in [-0.25, -0.2) is 4.90 Å². The van der Waals surface area contributed by atoms with Gasteiger partial charge >= 0.3 is 0 Å². The molecule has 1 saturated heterocycles. The molecule has 3 aromatic carbocycles. The van der Waals surface area contributed by atoms with Crippen LogP contribution in [0.2, 0.25) is 0 Å². The number of carbonyl (C=O) groups excluding carboxylic acids is 3. The molecule has 2 aliphatic rings. The van der Waals surface area contributed by atoms with Gasteiger partial charge in [0.25, 0.3) is 5.91 Å². The number of halogens is 1. The highest BCUT2D eigenvalue weighted by molar-refractivity contribution is 9.10. The number of anilines is 2. The fourth-order valence-electron chi connectivity index (χ4n) is 3.98. The number of rotatable bonds is 4. The topological polar surface area (TPSA) is 70.1 Å². The summed E-state index contributed by atoms with van der Waals surface area (Å²) in [5.74, 6) is -2.17. The van der Waals surface area contributed by atoms with Gasteiger partial charge in [0.2, 0.25) is 11.7 Å². The van der Waals surface area contributed by atoms with Crippen LogP contribution < -0.4 is 9.91 Å². The summed E-state index contributed by atoms with van der Waals surface area (Å²) in [5, 5.41) is 5.99. The number of Topliss-reactive ketones (excluding diaryl/α,β-unsaturated/α-hetero) is 1. The highest BCUT2D eigenvalue weighted by atomic mass is 79.9. The molecule has 2 atom stereocenters. The summed E-state index contributed by atoms with van der Waals surface area (Å²) in [4.78, 5) is 41.3. The predicted molar refractivity (Wildman–Crippen MR) is 121 cm³/mol. The third kappa shape index (κ3) is 3.18. The van der Waals surface area contributed by atoms with Crippen molar-refractivity contribution < 1.29 is 14.4 Å². The molecule has 0 spiro atoms. The van der Waals surface area contributed by atoms with Gasteiger partial charge in [-0.15, -0.1) is 0 Å². The standard InChI is InChI=1S/C24H16BrN3O3/c25-16-11-13-17(14-12-16)27-23(30)19-20(22(29)15-7-3-1-4-8-15)26-28(21(19)24(27)31)18-9-5-2-6-10-18/h1-14,19,21H/t19-,21-/m1/s1. The first kappa shape index (κ1) is 19.4. The number of ketones is 1. The van der Waals surface area contributed by atoms with E-state index in [-0.39, 0.29) is 11.5 Å². The molecule has 0 aliphatic carbocycles. The maximum atomic E-state index is 13.4. The molecule has 0 N–H and O–H groups in total. The van der Waals surface area contributed by atoms with Crippen LogP contribution in [-0.4, -0.2) is 29.4 Å². The summed E-state index contributed by atoms with van der Waals surface area (Å²) in [7, 11) is 0. The van der Waals surface area contributed by atoms with Crippen molar-refractivity contribution in [2.24, 2.45) is 11.0 Å². The number of carbonyl (C=O) groups is 3. The summed E-state index contributed by atoms with van der Waals surface area (Å²) in [5.41, 5.74) is 1.62. The zero-order valence-corrected chi connectivity index (χ0v) is 17.8. The molecule has 2 aliphatic heterocycles. The van der Waals surface area contributed by atoms with Crippen LogP contribution in [0.15, 0.2) is 94.5 Å². The molecule has 6 nitrogen and oxygen atoms in total. The van der Waals surface area contributed by atoms with E-state index in [1.54, 1.807) is 60.7 Å². The quantitative estimate of drug-likeness (QED) is 0.423. The van der Waals surface area contributed by atoms with E-state index in [9.17, 15) is 14.4 Å². The van der Waals surface area contributed by atoms with Crippen LogP contribution in [0.25, 0.3) is 0 Å². The maximum Gasteiger partial charge on any atom is 0.259 e. The van der Waals surface area contributed by atoms with Crippen LogP contribution in [0.1, 0.15) is 10.4 Å². The predicted octanol–water partition coefficient (Wildman–Crippen LogP) is 4.07. The van der Waals surface area contributed by atoms with Gasteiger partial charge < -0.3 is 0 Å². The molecule has 5 rings (SSSR count). The molecular formula is C24H16BrN3O3. The fraction of sp³-hybridized carbons (Fsp3) is 0.0833. The minimum atomic E-state index is -0.968. The lowest BCUT2D eigenvalue weighted by atomic mass is 9.92. The smallest absolute Gasteiger partial charge is 0.259 e. The van der Waals surface area contributed by atoms with Crippen LogP contribution in [0.5, 0.6) is 0 Å². The first-order chi connectivity index (χ1) is 15.1. The third-order valence-electron chi connectivity index (χ3n) is 5.42. The van der Waals surface area contributed by atoms with E-state index in [0.29, 0.717) is 16.9 Å². The molecule has 1 fully saturated rings. The van der Waals surface area contributed by atoms with Gasteiger partial charge in [0, 0.05) is 10.0 Å². The Morgan fingerprint density at radius 2 is 1.39 bits per heavy atom. The molecule has 0 radical (unpaired) electrons. The number of hydrogen-bond donors (Lipinski definition) is 0. The van der Waals surface area contributed by atoms with Crippen molar-refractivity contribution >= 4 is 50.6 Å². The van der Waals surface area contributed by atoms with Crippen LogP contribution in [0.3, 0.4) is 0 Å². The first-order valence-corrected chi connectivity index (χ1v) is 10.5. The van der Waals surface area contributed by atoms with Crippen molar-refractivity contribution in [3.05, 3.63) is 95.0 Å². The third-order valence-corrected chi connectivity index (χ3v) is 5.95. The van der Waals surface area contributed by atoms with Crippen molar-refractivity contribution in [2.75, 3.05) is 9.91 Å². The van der Waals surface area contributed by atoms with E-state index in [0.717, 1.165) is 9.37 Å². The Labute approximate surface area is 186 Å². The summed E-state index contributed by atoms with van der Waals surface area (Å²) in [6.45, 7) is 0. The largest absolute Gasteiger partial charge is 0.287 e. The van der Waals surface area contributed by atoms with Gasteiger partial charge in [-0.2, -0.15) is 5.10 Å². The number of amides is 2. The molecule has 0 aromatic heterocycles. The summed E-state index contributed by atoms with van der Waals surface area (Å²) < 4.78 is 0.836. The Balaban J connectivity index is 1.61. The Morgan fingerprint density at radius 3 is 2.03 bits per heavy atom. The van der Waals surface area contributed by atoms with Gasteiger partial charge in [-0.1, -0.05) is 64.5 Å². The molecule has 2 heterocycles. The first-order valence-electron chi connectivity index (χ1n) is 9.72. The second-order valence-corrected chi connectivity index (χ2v) is 8.19. The molecule has 0 saturated carbocycles. The van der Waals surface area contributed by atoms with E-state index in [1.165, 1.54) is 5.01 Å². The maximum absolute atomic E-state index is 13.4. The number of hydrogen-bond acceptors (Lipinski definition) is 5. The molecule has 7 heteroatoms. The minimum absolute atomic E-state index is 0.0815. The molecular weight excluding hydrogens is 458 g/mol.